The standard InChI is InChI=1S/C16H17NO2/c1-11-7-8-14(12(2)9-11)16(19)17-10-13-5-3-4-6-15(13)18/h3-9,18H,10H2,1-2H3,(H,17,19). The fourth-order valence-electron chi connectivity index (χ4n) is 2.00. The molecule has 0 bridgehead atoms. The molecule has 2 rings (SSSR count). The number of phenols is 1. The van der Waals surface area contributed by atoms with E-state index in [4.69, 9.17) is 0 Å². The van der Waals surface area contributed by atoms with E-state index in [9.17, 15) is 9.90 Å². The summed E-state index contributed by atoms with van der Waals surface area (Å²) in [4.78, 5) is 12.1. The Morgan fingerprint density at radius 3 is 2.58 bits per heavy atom. The number of hydrogen-bond donors (Lipinski definition) is 2. The number of phenolic OH excluding ortho intramolecular Hbond substituents is 1. The van der Waals surface area contributed by atoms with Crippen LogP contribution in [-0.2, 0) is 6.54 Å². The molecule has 0 radical (unpaired) electrons. The zero-order valence-corrected chi connectivity index (χ0v) is 11.1. The molecular weight excluding hydrogens is 238 g/mol. The van der Waals surface area contributed by atoms with E-state index in [2.05, 4.69) is 5.32 Å². The van der Waals surface area contributed by atoms with E-state index in [1.807, 2.05) is 38.1 Å². The van der Waals surface area contributed by atoms with Gasteiger partial charge in [0.1, 0.15) is 5.75 Å². The zero-order valence-electron chi connectivity index (χ0n) is 11.1. The van der Waals surface area contributed by atoms with Crippen molar-refractivity contribution in [3.8, 4) is 5.75 Å². The molecule has 2 aromatic carbocycles. The first-order valence-electron chi connectivity index (χ1n) is 6.20. The third kappa shape index (κ3) is 3.13. The molecule has 3 nitrogen and oxygen atoms in total. The van der Waals surface area contributed by atoms with Gasteiger partial charge in [-0.05, 0) is 31.5 Å². The van der Waals surface area contributed by atoms with Crippen molar-refractivity contribution in [3.63, 3.8) is 0 Å². The second-order valence-electron chi connectivity index (χ2n) is 4.63. The van der Waals surface area contributed by atoms with Crippen LogP contribution in [0.1, 0.15) is 27.0 Å². The highest BCUT2D eigenvalue weighted by molar-refractivity contribution is 5.95. The van der Waals surface area contributed by atoms with Gasteiger partial charge < -0.3 is 10.4 Å². The first kappa shape index (κ1) is 13.1. The van der Waals surface area contributed by atoms with Crippen molar-refractivity contribution < 1.29 is 9.90 Å². The third-order valence-corrected chi connectivity index (χ3v) is 3.06. The number of carbonyl (C=O) groups excluding carboxylic acids is 1. The summed E-state index contributed by atoms with van der Waals surface area (Å²) in [5, 5.41) is 12.5. The Balaban J connectivity index is 2.08. The average molecular weight is 255 g/mol. The first-order valence-corrected chi connectivity index (χ1v) is 6.20. The molecule has 0 aliphatic rings. The smallest absolute Gasteiger partial charge is 0.251 e. The van der Waals surface area contributed by atoms with Crippen LogP contribution >= 0.6 is 0 Å². The van der Waals surface area contributed by atoms with Crippen LogP contribution in [-0.4, -0.2) is 11.0 Å². The molecule has 0 fully saturated rings. The molecule has 0 aliphatic heterocycles. The van der Waals surface area contributed by atoms with Crippen LogP contribution in [0.5, 0.6) is 5.75 Å². The summed E-state index contributed by atoms with van der Waals surface area (Å²) in [6.45, 7) is 4.23. The predicted molar refractivity (Wildman–Crippen MR) is 75.2 cm³/mol. The minimum atomic E-state index is -0.124. The Morgan fingerprint density at radius 1 is 1.16 bits per heavy atom. The molecular formula is C16H17NO2. The van der Waals surface area contributed by atoms with Gasteiger partial charge in [0.2, 0.25) is 0 Å². The Labute approximate surface area is 112 Å². The lowest BCUT2D eigenvalue weighted by molar-refractivity contribution is 0.0950. The summed E-state index contributed by atoms with van der Waals surface area (Å²) < 4.78 is 0. The highest BCUT2D eigenvalue weighted by atomic mass is 16.3. The van der Waals surface area contributed by atoms with Crippen LogP contribution in [0.15, 0.2) is 42.5 Å². The van der Waals surface area contributed by atoms with E-state index < -0.39 is 0 Å². The van der Waals surface area contributed by atoms with Crippen LogP contribution < -0.4 is 5.32 Å². The van der Waals surface area contributed by atoms with Crippen molar-refractivity contribution in [2.24, 2.45) is 0 Å². The van der Waals surface area contributed by atoms with Gasteiger partial charge in [0, 0.05) is 17.7 Å². The first-order chi connectivity index (χ1) is 9.08. The molecule has 1 amide bonds. The maximum absolute atomic E-state index is 12.1. The number of para-hydroxylation sites is 1. The summed E-state index contributed by atoms with van der Waals surface area (Å²) in [5.41, 5.74) is 3.46. The quantitative estimate of drug-likeness (QED) is 0.886. The number of benzene rings is 2. The molecule has 0 saturated carbocycles. The van der Waals surface area contributed by atoms with Gasteiger partial charge in [-0.1, -0.05) is 35.9 Å². The minimum absolute atomic E-state index is 0.124. The Bertz CT molecular complexity index is 605. The van der Waals surface area contributed by atoms with Crippen LogP contribution in [0.3, 0.4) is 0 Å². The number of nitrogens with one attached hydrogen (secondary N) is 1. The van der Waals surface area contributed by atoms with Crippen molar-refractivity contribution in [3.05, 3.63) is 64.7 Å². The summed E-state index contributed by atoms with van der Waals surface area (Å²) in [6, 6.07) is 12.7. The second-order valence-corrected chi connectivity index (χ2v) is 4.63. The van der Waals surface area contributed by atoms with Crippen molar-refractivity contribution in [1.29, 1.82) is 0 Å². The maximum Gasteiger partial charge on any atom is 0.251 e. The molecule has 2 N–H and O–H groups in total. The number of carbonyl (C=O) groups is 1. The van der Waals surface area contributed by atoms with Crippen molar-refractivity contribution in [1.82, 2.24) is 5.32 Å². The van der Waals surface area contributed by atoms with Gasteiger partial charge in [0.05, 0.1) is 0 Å². The lowest BCUT2D eigenvalue weighted by Gasteiger charge is -2.09. The minimum Gasteiger partial charge on any atom is -0.508 e. The van der Waals surface area contributed by atoms with Crippen LogP contribution in [0.25, 0.3) is 0 Å². The fraction of sp³-hybridized carbons (Fsp3) is 0.188. The van der Waals surface area contributed by atoms with E-state index in [1.54, 1.807) is 18.2 Å². The highest BCUT2D eigenvalue weighted by Crippen LogP contribution is 2.16. The molecule has 0 aromatic heterocycles. The highest BCUT2D eigenvalue weighted by Gasteiger charge is 2.09. The molecule has 0 aliphatic carbocycles. The van der Waals surface area contributed by atoms with Gasteiger partial charge in [-0.25, -0.2) is 0 Å². The number of rotatable bonds is 3. The molecule has 0 heterocycles. The zero-order chi connectivity index (χ0) is 13.8. The van der Waals surface area contributed by atoms with E-state index in [0.717, 1.165) is 11.1 Å². The number of hydrogen-bond acceptors (Lipinski definition) is 2. The van der Waals surface area contributed by atoms with Crippen LogP contribution in [0, 0.1) is 13.8 Å². The predicted octanol–water partition coefficient (Wildman–Crippen LogP) is 2.94. The van der Waals surface area contributed by atoms with Crippen LogP contribution in [0.4, 0.5) is 0 Å². The van der Waals surface area contributed by atoms with Gasteiger partial charge in [-0.2, -0.15) is 0 Å². The molecule has 19 heavy (non-hydrogen) atoms. The molecule has 0 saturated heterocycles. The lowest BCUT2D eigenvalue weighted by Crippen LogP contribution is -2.23. The number of aryl methyl sites for hydroxylation is 2. The molecule has 2 aromatic rings. The van der Waals surface area contributed by atoms with Gasteiger partial charge in [-0.15, -0.1) is 0 Å². The van der Waals surface area contributed by atoms with E-state index in [-0.39, 0.29) is 11.7 Å². The van der Waals surface area contributed by atoms with E-state index in [0.29, 0.717) is 17.7 Å². The second kappa shape index (κ2) is 5.57. The maximum atomic E-state index is 12.1. The van der Waals surface area contributed by atoms with Crippen molar-refractivity contribution in [2.45, 2.75) is 20.4 Å². The van der Waals surface area contributed by atoms with Gasteiger partial charge in [0.15, 0.2) is 0 Å². The number of aromatic hydroxyl groups is 1. The monoisotopic (exact) mass is 255 g/mol. The van der Waals surface area contributed by atoms with Gasteiger partial charge in [-0.3, -0.25) is 4.79 Å². The van der Waals surface area contributed by atoms with E-state index >= 15 is 0 Å². The fourth-order valence-corrected chi connectivity index (χ4v) is 2.00. The summed E-state index contributed by atoms with van der Waals surface area (Å²) in [5.74, 6) is 0.0733. The summed E-state index contributed by atoms with van der Waals surface area (Å²) in [6.07, 6.45) is 0. The molecule has 98 valence electrons. The molecule has 0 spiro atoms. The van der Waals surface area contributed by atoms with E-state index in [1.165, 1.54) is 0 Å². The van der Waals surface area contributed by atoms with Crippen molar-refractivity contribution >= 4 is 5.91 Å². The summed E-state index contributed by atoms with van der Waals surface area (Å²) in [7, 11) is 0. The third-order valence-electron chi connectivity index (χ3n) is 3.06. The largest absolute Gasteiger partial charge is 0.508 e. The normalized spacial score (nSPS) is 10.2. The SMILES string of the molecule is Cc1ccc(C(=O)NCc2ccccc2O)c(C)c1. The Hall–Kier alpha value is -2.29. The van der Waals surface area contributed by atoms with Gasteiger partial charge >= 0.3 is 0 Å². The molecule has 0 atom stereocenters. The van der Waals surface area contributed by atoms with Crippen LogP contribution in [0.2, 0.25) is 0 Å². The topological polar surface area (TPSA) is 49.3 Å². The van der Waals surface area contributed by atoms with Gasteiger partial charge in [0.25, 0.3) is 5.91 Å². The molecule has 0 unspecified atom stereocenters. The number of amides is 1. The molecule has 3 heteroatoms. The average Bonchev–Trinajstić information content (AvgIpc) is 2.37. The Morgan fingerprint density at radius 2 is 1.89 bits per heavy atom. The Kier molecular flexibility index (Phi) is 3.85. The lowest BCUT2D eigenvalue weighted by atomic mass is 10.1. The summed E-state index contributed by atoms with van der Waals surface area (Å²) >= 11 is 0. The van der Waals surface area contributed by atoms with Crippen molar-refractivity contribution in [2.75, 3.05) is 0 Å².